The van der Waals surface area contributed by atoms with Gasteiger partial charge in [-0.05, 0) is 11.4 Å². The molecule has 1 aromatic heterocycles. The van der Waals surface area contributed by atoms with Crippen molar-refractivity contribution in [2.24, 2.45) is 0 Å². The molecule has 0 aromatic carbocycles. The minimum Gasteiger partial charge on any atom is -0.359 e. The van der Waals surface area contributed by atoms with Gasteiger partial charge in [-0.15, -0.1) is 0 Å². The van der Waals surface area contributed by atoms with Crippen LogP contribution in [0.15, 0.2) is 16.8 Å². The van der Waals surface area contributed by atoms with Crippen molar-refractivity contribution >= 4 is 23.0 Å². The van der Waals surface area contributed by atoms with Gasteiger partial charge >= 0.3 is 0 Å². The molecule has 0 atom stereocenters. The number of rotatable bonds is 3. The lowest BCUT2D eigenvalue weighted by molar-refractivity contribution is -0.119. The van der Waals surface area contributed by atoms with Crippen LogP contribution >= 0.6 is 11.3 Å². The number of hydrogen-bond acceptors (Lipinski definition) is 3. The second-order valence-electron chi connectivity index (χ2n) is 2.29. The van der Waals surface area contributed by atoms with E-state index in [1.807, 2.05) is 5.38 Å². The lowest BCUT2D eigenvalue weighted by atomic mass is 10.1. The second-order valence-corrected chi connectivity index (χ2v) is 3.07. The molecule has 12 heavy (non-hydrogen) atoms. The van der Waals surface area contributed by atoms with Crippen molar-refractivity contribution in [1.82, 2.24) is 5.32 Å². The fourth-order valence-corrected chi connectivity index (χ4v) is 1.42. The summed E-state index contributed by atoms with van der Waals surface area (Å²) in [6.45, 7) is 0. The Morgan fingerprint density at radius 2 is 2.33 bits per heavy atom. The number of nitrogens with one attached hydrogen (secondary N) is 1. The number of Topliss-reactive ketones (excluding diaryl/α,β-unsaturated/α-hetero) is 1. The first-order chi connectivity index (χ1) is 5.74. The Hall–Kier alpha value is -1.16. The highest BCUT2D eigenvalue weighted by molar-refractivity contribution is 7.08. The number of amides is 1. The van der Waals surface area contributed by atoms with E-state index in [1.165, 1.54) is 18.4 Å². The van der Waals surface area contributed by atoms with E-state index >= 15 is 0 Å². The van der Waals surface area contributed by atoms with Crippen LogP contribution in [0.25, 0.3) is 0 Å². The van der Waals surface area contributed by atoms with Gasteiger partial charge in [0.15, 0.2) is 5.78 Å². The van der Waals surface area contributed by atoms with Gasteiger partial charge in [-0.3, -0.25) is 9.59 Å². The van der Waals surface area contributed by atoms with Crippen molar-refractivity contribution in [3.8, 4) is 0 Å². The van der Waals surface area contributed by atoms with Gasteiger partial charge in [0.25, 0.3) is 0 Å². The Morgan fingerprint density at radius 1 is 1.58 bits per heavy atom. The molecule has 0 aliphatic carbocycles. The van der Waals surface area contributed by atoms with Crippen LogP contribution in [0.2, 0.25) is 0 Å². The summed E-state index contributed by atoms with van der Waals surface area (Å²) in [7, 11) is 1.52. The summed E-state index contributed by atoms with van der Waals surface area (Å²) in [5.41, 5.74) is 0.614. The van der Waals surface area contributed by atoms with E-state index < -0.39 is 0 Å². The van der Waals surface area contributed by atoms with Gasteiger partial charge in [-0.1, -0.05) is 0 Å². The highest BCUT2D eigenvalue weighted by atomic mass is 32.1. The highest BCUT2D eigenvalue weighted by Crippen LogP contribution is 2.08. The normalized spacial score (nSPS) is 9.42. The van der Waals surface area contributed by atoms with E-state index in [9.17, 15) is 9.59 Å². The van der Waals surface area contributed by atoms with Crippen LogP contribution < -0.4 is 5.32 Å². The van der Waals surface area contributed by atoms with Gasteiger partial charge < -0.3 is 5.32 Å². The number of ketones is 1. The Bertz CT molecular complexity index is 279. The molecule has 64 valence electrons. The first kappa shape index (κ1) is 8.93. The molecule has 0 aliphatic rings. The molecule has 3 nitrogen and oxygen atoms in total. The maximum absolute atomic E-state index is 11.2. The van der Waals surface area contributed by atoms with E-state index in [0.717, 1.165) is 0 Å². The molecule has 0 saturated heterocycles. The van der Waals surface area contributed by atoms with Gasteiger partial charge in [0.1, 0.15) is 0 Å². The lowest BCUT2D eigenvalue weighted by Gasteiger charge is -1.95. The number of carbonyl (C=O) groups is 2. The van der Waals surface area contributed by atoms with E-state index in [2.05, 4.69) is 5.32 Å². The summed E-state index contributed by atoms with van der Waals surface area (Å²) < 4.78 is 0. The van der Waals surface area contributed by atoms with Crippen molar-refractivity contribution < 1.29 is 9.59 Å². The zero-order valence-electron chi connectivity index (χ0n) is 6.66. The summed E-state index contributed by atoms with van der Waals surface area (Å²) in [6, 6.07) is 1.72. The largest absolute Gasteiger partial charge is 0.359 e. The summed E-state index contributed by atoms with van der Waals surface area (Å²) in [5, 5.41) is 5.96. The molecule has 0 spiro atoms. The molecule has 4 heteroatoms. The van der Waals surface area contributed by atoms with Crippen LogP contribution in [0.3, 0.4) is 0 Å². The molecule has 0 fully saturated rings. The average Bonchev–Trinajstić information content (AvgIpc) is 2.56. The number of thiophene rings is 1. The Morgan fingerprint density at radius 3 is 2.83 bits per heavy atom. The third-order valence-electron chi connectivity index (χ3n) is 1.44. The quantitative estimate of drug-likeness (QED) is 0.562. The predicted molar refractivity (Wildman–Crippen MR) is 47.3 cm³/mol. The summed E-state index contributed by atoms with van der Waals surface area (Å²) >= 11 is 1.45. The molecule has 1 N–H and O–H groups in total. The van der Waals surface area contributed by atoms with Crippen molar-refractivity contribution in [1.29, 1.82) is 0 Å². The third kappa shape index (κ3) is 2.17. The molecule has 1 rings (SSSR count). The van der Waals surface area contributed by atoms with Crippen molar-refractivity contribution in [3.05, 3.63) is 22.4 Å². The van der Waals surface area contributed by atoms with Crippen LogP contribution in [0.4, 0.5) is 0 Å². The van der Waals surface area contributed by atoms with Crippen molar-refractivity contribution in [3.63, 3.8) is 0 Å². The predicted octanol–water partition coefficient (Wildman–Crippen LogP) is 1.07. The Kier molecular flexibility index (Phi) is 2.99. The fourth-order valence-electron chi connectivity index (χ4n) is 0.759. The maximum atomic E-state index is 11.2. The van der Waals surface area contributed by atoms with Crippen LogP contribution in [0, 0.1) is 0 Å². The molecular weight excluding hydrogens is 174 g/mol. The zero-order chi connectivity index (χ0) is 8.97. The smallest absolute Gasteiger partial charge is 0.227 e. The fraction of sp³-hybridized carbons (Fsp3) is 0.250. The first-order valence-corrected chi connectivity index (χ1v) is 4.44. The van der Waals surface area contributed by atoms with Gasteiger partial charge in [0, 0.05) is 18.0 Å². The van der Waals surface area contributed by atoms with Crippen molar-refractivity contribution in [2.45, 2.75) is 6.42 Å². The van der Waals surface area contributed by atoms with E-state index in [4.69, 9.17) is 0 Å². The van der Waals surface area contributed by atoms with Crippen molar-refractivity contribution in [2.75, 3.05) is 7.05 Å². The molecule has 1 aromatic rings. The van der Waals surface area contributed by atoms with E-state index in [-0.39, 0.29) is 18.1 Å². The second kappa shape index (κ2) is 4.01. The topological polar surface area (TPSA) is 46.2 Å². The minimum atomic E-state index is -0.244. The molecule has 1 amide bonds. The van der Waals surface area contributed by atoms with Crippen LogP contribution in [0.5, 0.6) is 0 Å². The average molecular weight is 183 g/mol. The standard InChI is InChI=1S/C8H9NO2S/c1-9-8(11)4-7(10)6-2-3-12-5-6/h2-3,5H,4H2,1H3,(H,9,11). The van der Waals surface area contributed by atoms with Crippen LogP contribution in [0.1, 0.15) is 16.8 Å². The summed E-state index contributed by atoms with van der Waals surface area (Å²) in [4.78, 5) is 22.0. The van der Waals surface area contributed by atoms with Gasteiger partial charge in [-0.2, -0.15) is 11.3 Å². The van der Waals surface area contributed by atoms with Gasteiger partial charge in [0.05, 0.1) is 6.42 Å². The molecule has 0 bridgehead atoms. The van der Waals surface area contributed by atoms with E-state index in [1.54, 1.807) is 11.4 Å². The first-order valence-electron chi connectivity index (χ1n) is 3.50. The monoisotopic (exact) mass is 183 g/mol. The third-order valence-corrected chi connectivity index (χ3v) is 2.13. The number of hydrogen-bond donors (Lipinski definition) is 1. The molecule has 0 saturated carbocycles. The maximum Gasteiger partial charge on any atom is 0.227 e. The highest BCUT2D eigenvalue weighted by Gasteiger charge is 2.09. The lowest BCUT2D eigenvalue weighted by Crippen LogP contribution is -2.21. The molecule has 0 aliphatic heterocycles. The SMILES string of the molecule is CNC(=O)CC(=O)c1ccsc1. The molecule has 0 radical (unpaired) electrons. The Balaban J connectivity index is 2.56. The molecular formula is C8H9NO2S. The molecule has 0 unspecified atom stereocenters. The number of carbonyl (C=O) groups excluding carboxylic acids is 2. The zero-order valence-corrected chi connectivity index (χ0v) is 7.48. The van der Waals surface area contributed by atoms with Gasteiger partial charge in [-0.25, -0.2) is 0 Å². The van der Waals surface area contributed by atoms with Gasteiger partial charge in [0.2, 0.25) is 5.91 Å². The Labute approximate surface area is 74.4 Å². The van der Waals surface area contributed by atoms with Crippen LogP contribution in [-0.4, -0.2) is 18.7 Å². The van der Waals surface area contributed by atoms with Crippen LogP contribution in [-0.2, 0) is 4.79 Å². The van der Waals surface area contributed by atoms with E-state index in [0.29, 0.717) is 5.56 Å². The molecule has 1 heterocycles. The minimum absolute atomic E-state index is 0.0623. The summed E-state index contributed by atoms with van der Waals surface area (Å²) in [6.07, 6.45) is -0.0623. The summed E-state index contributed by atoms with van der Waals surface area (Å²) in [5.74, 6) is -0.373.